The van der Waals surface area contributed by atoms with Gasteiger partial charge in [-0.1, -0.05) is 52.0 Å². The van der Waals surface area contributed by atoms with Crippen LogP contribution in [-0.4, -0.2) is 106 Å². The van der Waals surface area contributed by atoms with Crippen LogP contribution in [0.2, 0.25) is 0 Å². The number of rotatable bonds is 11. The van der Waals surface area contributed by atoms with Gasteiger partial charge in [0.2, 0.25) is 18.6 Å². The molecule has 0 radical (unpaired) electrons. The molecule has 2 aromatic carbocycles. The molecule has 16 heteroatoms. The lowest BCUT2D eigenvalue weighted by Gasteiger charge is -2.42. The van der Waals surface area contributed by atoms with E-state index in [9.17, 15) is 19.2 Å². The zero-order chi connectivity index (χ0) is 42.9. The van der Waals surface area contributed by atoms with E-state index in [1.165, 1.54) is 14.2 Å². The largest absolute Gasteiger partial charge is 0.453 e. The maximum atomic E-state index is 14.2. The molecule has 320 valence electrons. The number of alkyl carbamates (subject to hydrolysis) is 2. The molecule has 60 heavy (non-hydrogen) atoms. The fourth-order valence-corrected chi connectivity index (χ4v) is 8.51. The van der Waals surface area contributed by atoms with Crippen molar-refractivity contribution in [2.45, 2.75) is 90.3 Å². The lowest BCUT2D eigenvalue weighted by Crippen LogP contribution is -2.63. The topological polar surface area (TPSA) is 193 Å². The van der Waals surface area contributed by atoms with Crippen LogP contribution in [-0.2, 0) is 24.6 Å². The molecule has 16 nitrogen and oxygen atoms in total. The molecule has 2 aromatic heterocycles. The summed E-state index contributed by atoms with van der Waals surface area (Å²) in [5, 5.41) is 5.48. The summed E-state index contributed by atoms with van der Waals surface area (Å²) in [5.74, 6) is 2.11. The average molecular weight is 825 g/mol. The van der Waals surface area contributed by atoms with Crippen molar-refractivity contribution >= 4 is 24.0 Å². The highest BCUT2D eigenvalue weighted by Crippen LogP contribution is 2.48. The smallest absolute Gasteiger partial charge is 0.407 e. The number of aromatic nitrogens is 4. The first-order chi connectivity index (χ1) is 28.7. The van der Waals surface area contributed by atoms with Crippen LogP contribution in [0.15, 0.2) is 48.8 Å². The first kappa shape index (κ1) is 42.1. The summed E-state index contributed by atoms with van der Waals surface area (Å²) in [6.45, 7) is 13.1. The molecule has 5 heterocycles. The SMILES string of the molecule is COC(=O)N[C@H](C(=O)N1CCC[C@H](c2ncc(-c3ccc(-c4ccc(-c5cnc([C@]6(C)CCCN6C(=O)[C@@](C)(NC(=O)OC)C(C)C)[nH]5)c5c4OCO5)cc3)[nH]2)C1)C(C)C. The molecular weight excluding hydrogens is 769 g/mol. The monoisotopic (exact) mass is 824 g/mol. The number of benzene rings is 2. The van der Waals surface area contributed by atoms with E-state index in [0.29, 0.717) is 43.4 Å². The molecule has 4 amide bonds. The van der Waals surface area contributed by atoms with Crippen LogP contribution < -0.4 is 20.1 Å². The summed E-state index contributed by atoms with van der Waals surface area (Å²) >= 11 is 0. The van der Waals surface area contributed by atoms with Crippen molar-refractivity contribution < 1.29 is 38.1 Å². The number of hydrogen-bond donors (Lipinski definition) is 4. The molecule has 3 aliphatic rings. The highest BCUT2D eigenvalue weighted by Gasteiger charge is 2.50. The number of imidazole rings is 2. The van der Waals surface area contributed by atoms with Crippen molar-refractivity contribution in [2.75, 3.05) is 40.6 Å². The minimum absolute atomic E-state index is 0.0318. The number of hydrogen-bond acceptors (Lipinski definition) is 10. The van der Waals surface area contributed by atoms with Crippen molar-refractivity contribution in [3.05, 3.63) is 60.4 Å². The Morgan fingerprint density at radius 1 is 0.867 bits per heavy atom. The first-order valence-corrected chi connectivity index (χ1v) is 20.6. The fraction of sp³-hybridized carbons (Fsp3) is 0.500. The van der Waals surface area contributed by atoms with Crippen LogP contribution >= 0.6 is 0 Å². The van der Waals surface area contributed by atoms with Gasteiger partial charge in [0.1, 0.15) is 23.2 Å². The molecule has 4 aromatic rings. The number of aromatic amines is 2. The number of amides is 4. The number of likely N-dealkylation sites (tertiary alicyclic amines) is 2. The Morgan fingerprint density at radius 3 is 2.22 bits per heavy atom. The number of ether oxygens (including phenoxy) is 4. The zero-order valence-electron chi connectivity index (χ0n) is 35.6. The third-order valence-corrected chi connectivity index (χ3v) is 12.5. The van der Waals surface area contributed by atoms with Gasteiger partial charge in [-0.15, -0.1) is 0 Å². The summed E-state index contributed by atoms with van der Waals surface area (Å²) in [4.78, 5) is 72.0. The maximum Gasteiger partial charge on any atom is 0.407 e. The van der Waals surface area contributed by atoms with Gasteiger partial charge in [-0.2, -0.15) is 0 Å². The van der Waals surface area contributed by atoms with Gasteiger partial charge in [-0.3, -0.25) is 9.59 Å². The van der Waals surface area contributed by atoms with E-state index in [-0.39, 0.29) is 36.4 Å². The van der Waals surface area contributed by atoms with Gasteiger partial charge >= 0.3 is 12.2 Å². The van der Waals surface area contributed by atoms with Crippen molar-refractivity contribution in [2.24, 2.45) is 11.8 Å². The molecule has 3 aliphatic heterocycles. The molecule has 0 aliphatic carbocycles. The third kappa shape index (κ3) is 7.86. The molecule has 0 saturated carbocycles. The summed E-state index contributed by atoms with van der Waals surface area (Å²) in [6.07, 6.45) is 5.50. The number of methoxy groups -OCH3 is 2. The predicted molar refractivity (Wildman–Crippen MR) is 223 cm³/mol. The lowest BCUT2D eigenvalue weighted by molar-refractivity contribution is -0.144. The molecule has 0 bridgehead atoms. The van der Waals surface area contributed by atoms with Gasteiger partial charge in [0.05, 0.1) is 43.5 Å². The van der Waals surface area contributed by atoms with E-state index >= 15 is 0 Å². The van der Waals surface area contributed by atoms with E-state index in [1.807, 2.05) is 87.0 Å². The zero-order valence-corrected chi connectivity index (χ0v) is 35.6. The van der Waals surface area contributed by atoms with Gasteiger partial charge in [0.25, 0.3) is 0 Å². The van der Waals surface area contributed by atoms with E-state index in [0.717, 1.165) is 58.7 Å². The van der Waals surface area contributed by atoms with Gasteiger partial charge in [-0.25, -0.2) is 19.6 Å². The van der Waals surface area contributed by atoms with Gasteiger partial charge in [0.15, 0.2) is 11.5 Å². The second-order valence-electron chi connectivity index (χ2n) is 16.9. The standard InChI is InChI=1S/C44H56N8O8/c1-25(2)34(49-41(55)57-7)38(53)51-19-9-11-29(23-51)37-45-21-32(47-37)28-14-12-27(13-15-28)30-16-17-31(36-35(30)59-24-60-36)33-22-46-39(48-33)43(5)18-10-20-52(43)40(54)44(6,26(3)4)50-42(56)58-8/h12-17,21-22,25-26,29,34H,9-11,18-20,23-24H2,1-8H3,(H,45,47)(H,46,48)(H,49,55)(H,50,56)/t29-,34-,43-,44-/m0/s1. The Labute approximate surface area is 350 Å². The van der Waals surface area contributed by atoms with Crippen LogP contribution in [0.3, 0.4) is 0 Å². The Kier molecular flexibility index (Phi) is 11.8. The quantitative estimate of drug-likeness (QED) is 0.129. The maximum absolute atomic E-state index is 14.2. The summed E-state index contributed by atoms with van der Waals surface area (Å²) in [5.41, 5.74) is 3.24. The number of carbonyl (C=O) groups excluding carboxylic acids is 4. The summed E-state index contributed by atoms with van der Waals surface area (Å²) in [6, 6.07) is 11.5. The number of fused-ring (bicyclic) bond motifs is 1. The first-order valence-electron chi connectivity index (χ1n) is 20.6. The van der Waals surface area contributed by atoms with Crippen LogP contribution in [0.4, 0.5) is 9.59 Å². The lowest BCUT2D eigenvalue weighted by atomic mass is 9.85. The van der Waals surface area contributed by atoms with E-state index in [4.69, 9.17) is 28.9 Å². The number of carbonyl (C=O) groups is 4. The highest BCUT2D eigenvalue weighted by atomic mass is 16.7. The van der Waals surface area contributed by atoms with E-state index in [1.54, 1.807) is 13.1 Å². The van der Waals surface area contributed by atoms with E-state index in [2.05, 4.69) is 20.6 Å². The van der Waals surface area contributed by atoms with Gasteiger partial charge in [0, 0.05) is 36.7 Å². The van der Waals surface area contributed by atoms with Gasteiger partial charge in [-0.05, 0) is 74.6 Å². The third-order valence-electron chi connectivity index (χ3n) is 12.5. The second kappa shape index (κ2) is 16.9. The normalized spacial score (nSPS) is 20.2. The van der Waals surface area contributed by atoms with Gasteiger partial charge < -0.3 is 49.3 Å². The molecule has 2 fully saturated rings. The molecule has 2 saturated heterocycles. The molecule has 0 unspecified atom stereocenters. The minimum Gasteiger partial charge on any atom is -0.453 e. The second-order valence-corrected chi connectivity index (χ2v) is 16.9. The molecule has 7 rings (SSSR count). The predicted octanol–water partition coefficient (Wildman–Crippen LogP) is 6.56. The number of H-pyrrole nitrogens is 2. The van der Waals surface area contributed by atoms with Crippen molar-refractivity contribution in [3.8, 4) is 45.1 Å². The Balaban J connectivity index is 1.07. The van der Waals surface area contributed by atoms with Crippen molar-refractivity contribution in [1.29, 1.82) is 0 Å². The highest BCUT2D eigenvalue weighted by molar-refractivity contribution is 5.91. The molecule has 0 spiro atoms. The minimum atomic E-state index is -1.18. The van der Waals surface area contributed by atoms with Crippen molar-refractivity contribution in [1.82, 2.24) is 40.4 Å². The number of piperidine rings is 1. The number of nitrogens with one attached hydrogen (secondary N) is 4. The molecule has 4 atom stereocenters. The van der Waals surface area contributed by atoms with Crippen LogP contribution in [0.1, 0.15) is 84.8 Å². The Morgan fingerprint density at radius 2 is 1.53 bits per heavy atom. The average Bonchev–Trinajstić information content (AvgIpc) is 4.09. The molecular formula is C44H56N8O8. The van der Waals surface area contributed by atoms with Crippen LogP contribution in [0.5, 0.6) is 11.5 Å². The van der Waals surface area contributed by atoms with Crippen molar-refractivity contribution in [3.63, 3.8) is 0 Å². The molecule has 4 N–H and O–H groups in total. The Hall–Kier alpha value is -6.06. The Bertz CT molecular complexity index is 2230. The summed E-state index contributed by atoms with van der Waals surface area (Å²) in [7, 11) is 2.58. The fourth-order valence-electron chi connectivity index (χ4n) is 8.51. The number of nitrogens with zero attached hydrogens (tertiary/aromatic N) is 4. The van der Waals surface area contributed by atoms with Crippen LogP contribution in [0.25, 0.3) is 33.6 Å². The van der Waals surface area contributed by atoms with E-state index < -0.39 is 29.3 Å². The summed E-state index contributed by atoms with van der Waals surface area (Å²) < 4.78 is 21.7. The van der Waals surface area contributed by atoms with Crippen LogP contribution in [0, 0.1) is 11.8 Å².